The van der Waals surface area contributed by atoms with Crippen LogP contribution in [0.15, 0.2) is 24.3 Å². The average Bonchev–Trinajstić information content (AvgIpc) is 2.45. The smallest absolute Gasteiger partial charge is 0.453 e. The predicted molar refractivity (Wildman–Crippen MR) is 76.8 cm³/mol. The van der Waals surface area contributed by atoms with Crippen molar-refractivity contribution in [3.63, 3.8) is 0 Å². The van der Waals surface area contributed by atoms with Crippen LogP contribution in [0.1, 0.15) is 39.2 Å². The maximum absolute atomic E-state index is 13.5. The van der Waals surface area contributed by atoms with Crippen LogP contribution in [0.4, 0.5) is 22.0 Å². The Morgan fingerprint density at radius 2 is 1.65 bits per heavy atom. The number of hydrogen-bond donors (Lipinski definition) is 0. The summed E-state index contributed by atoms with van der Waals surface area (Å²) in [6.45, 7) is 4.86. The first-order valence-corrected chi connectivity index (χ1v) is 7.22. The van der Waals surface area contributed by atoms with E-state index in [1.165, 1.54) is 19.1 Å². The van der Waals surface area contributed by atoms with Crippen molar-refractivity contribution < 1.29 is 31.4 Å². The molecule has 1 aromatic carbocycles. The Balaban J connectivity index is 3.23. The molecule has 0 N–H and O–H groups in total. The number of halogens is 5. The van der Waals surface area contributed by atoms with E-state index in [-0.39, 0.29) is 17.4 Å². The third-order valence-electron chi connectivity index (χ3n) is 3.78. The molecule has 1 aromatic rings. The molecule has 7 heteroatoms. The maximum atomic E-state index is 13.5. The number of para-hydroxylation sites is 1. The van der Waals surface area contributed by atoms with Gasteiger partial charge in [-0.3, -0.25) is 0 Å². The molecule has 0 radical (unpaired) electrons. The van der Waals surface area contributed by atoms with Gasteiger partial charge in [-0.1, -0.05) is 25.1 Å². The summed E-state index contributed by atoms with van der Waals surface area (Å²) in [6.07, 6.45) is -6.71. The van der Waals surface area contributed by atoms with Crippen molar-refractivity contribution in [1.29, 1.82) is 0 Å². The highest BCUT2D eigenvalue weighted by molar-refractivity contribution is 5.38. The number of rotatable bonds is 7. The second-order valence-electron chi connectivity index (χ2n) is 5.65. The summed E-state index contributed by atoms with van der Waals surface area (Å²) in [5.74, 6) is -4.63. The van der Waals surface area contributed by atoms with Crippen LogP contribution in [0, 0.1) is 0 Å². The van der Waals surface area contributed by atoms with Gasteiger partial charge in [0.25, 0.3) is 0 Å². The van der Waals surface area contributed by atoms with Crippen LogP contribution in [-0.4, -0.2) is 25.3 Å². The van der Waals surface area contributed by atoms with Crippen molar-refractivity contribution in [1.82, 2.24) is 0 Å². The van der Waals surface area contributed by atoms with Gasteiger partial charge >= 0.3 is 12.1 Å². The van der Waals surface area contributed by atoms with Gasteiger partial charge in [0.05, 0.1) is 18.1 Å². The Kier molecular flexibility index (Phi) is 6.01. The monoisotopic (exact) mass is 340 g/mol. The van der Waals surface area contributed by atoms with Gasteiger partial charge in [0.15, 0.2) is 0 Å². The molecule has 0 aliphatic rings. The summed E-state index contributed by atoms with van der Waals surface area (Å²) in [5.41, 5.74) is -1.69. The molecule has 132 valence electrons. The SMILES string of the molecule is CCC(C)Oc1ccccc1C(C)(CC(F)(F)C(F)(F)F)OC. The highest BCUT2D eigenvalue weighted by Crippen LogP contribution is 2.46. The lowest BCUT2D eigenvalue weighted by molar-refractivity contribution is -0.298. The van der Waals surface area contributed by atoms with E-state index in [4.69, 9.17) is 9.47 Å². The van der Waals surface area contributed by atoms with Crippen LogP contribution in [0.25, 0.3) is 0 Å². The highest BCUT2D eigenvalue weighted by atomic mass is 19.4. The fraction of sp³-hybridized carbons (Fsp3) is 0.625. The Hall–Kier alpha value is -1.37. The molecule has 23 heavy (non-hydrogen) atoms. The van der Waals surface area contributed by atoms with Gasteiger partial charge in [0.1, 0.15) is 5.75 Å². The van der Waals surface area contributed by atoms with Gasteiger partial charge in [0.2, 0.25) is 0 Å². The molecular weight excluding hydrogens is 319 g/mol. The summed E-state index contributed by atoms with van der Waals surface area (Å²) < 4.78 is 75.3. The quantitative estimate of drug-likeness (QED) is 0.626. The molecule has 0 saturated carbocycles. The van der Waals surface area contributed by atoms with Crippen LogP contribution in [0.2, 0.25) is 0 Å². The Labute approximate surface area is 132 Å². The van der Waals surface area contributed by atoms with E-state index < -0.39 is 24.1 Å². The van der Waals surface area contributed by atoms with E-state index in [0.717, 1.165) is 7.11 Å². The first-order valence-electron chi connectivity index (χ1n) is 7.22. The molecule has 0 fully saturated rings. The minimum Gasteiger partial charge on any atom is -0.490 e. The van der Waals surface area contributed by atoms with Crippen LogP contribution >= 0.6 is 0 Å². The summed E-state index contributed by atoms with van der Waals surface area (Å²) in [6, 6.07) is 6.14. The van der Waals surface area contributed by atoms with E-state index >= 15 is 0 Å². The van der Waals surface area contributed by atoms with Gasteiger partial charge in [0, 0.05) is 12.7 Å². The van der Waals surface area contributed by atoms with E-state index in [9.17, 15) is 22.0 Å². The van der Waals surface area contributed by atoms with Crippen molar-refractivity contribution in [2.75, 3.05) is 7.11 Å². The molecule has 0 bridgehead atoms. The van der Waals surface area contributed by atoms with E-state index in [2.05, 4.69) is 0 Å². The number of ether oxygens (including phenoxy) is 2. The molecule has 0 amide bonds. The van der Waals surface area contributed by atoms with Crippen LogP contribution in [0.3, 0.4) is 0 Å². The average molecular weight is 340 g/mol. The van der Waals surface area contributed by atoms with Crippen LogP contribution in [-0.2, 0) is 10.3 Å². The number of benzene rings is 1. The predicted octanol–water partition coefficient (Wildman–Crippen LogP) is 5.31. The van der Waals surface area contributed by atoms with E-state index in [1.54, 1.807) is 19.1 Å². The van der Waals surface area contributed by atoms with Crippen molar-refractivity contribution in [2.24, 2.45) is 0 Å². The fourth-order valence-electron chi connectivity index (χ4n) is 2.11. The molecule has 1 rings (SSSR count). The Bertz CT molecular complexity index is 515. The number of hydrogen-bond acceptors (Lipinski definition) is 2. The van der Waals surface area contributed by atoms with Gasteiger partial charge in [-0.05, 0) is 26.3 Å². The molecule has 2 unspecified atom stereocenters. The lowest BCUT2D eigenvalue weighted by Gasteiger charge is -2.34. The first kappa shape index (κ1) is 19.7. The fourth-order valence-corrected chi connectivity index (χ4v) is 2.11. The molecule has 2 atom stereocenters. The number of methoxy groups -OCH3 is 1. The first-order chi connectivity index (χ1) is 10.5. The van der Waals surface area contributed by atoms with Crippen molar-refractivity contribution in [3.8, 4) is 5.75 Å². The topological polar surface area (TPSA) is 18.5 Å². The van der Waals surface area contributed by atoms with Gasteiger partial charge in [-0.15, -0.1) is 0 Å². The molecule has 0 spiro atoms. The van der Waals surface area contributed by atoms with E-state index in [0.29, 0.717) is 6.42 Å². The van der Waals surface area contributed by atoms with Crippen LogP contribution in [0.5, 0.6) is 5.75 Å². The zero-order valence-corrected chi connectivity index (χ0v) is 13.5. The van der Waals surface area contributed by atoms with Crippen molar-refractivity contribution in [2.45, 2.75) is 57.4 Å². The zero-order chi connectivity index (χ0) is 17.9. The van der Waals surface area contributed by atoms with Gasteiger partial charge < -0.3 is 9.47 Å². The molecule has 0 aliphatic heterocycles. The Morgan fingerprint density at radius 1 is 1.09 bits per heavy atom. The molecular formula is C16H21F5O2. The lowest BCUT2D eigenvalue weighted by atomic mass is 9.88. The summed E-state index contributed by atoms with van der Waals surface area (Å²) in [5, 5.41) is 0. The minimum absolute atomic E-state index is 0.159. The summed E-state index contributed by atoms with van der Waals surface area (Å²) in [4.78, 5) is 0. The normalized spacial score (nSPS) is 16.7. The highest BCUT2D eigenvalue weighted by Gasteiger charge is 2.60. The molecule has 2 nitrogen and oxygen atoms in total. The van der Waals surface area contributed by atoms with Gasteiger partial charge in [-0.2, -0.15) is 22.0 Å². The second-order valence-corrected chi connectivity index (χ2v) is 5.65. The summed E-state index contributed by atoms with van der Waals surface area (Å²) >= 11 is 0. The molecule has 0 heterocycles. The maximum Gasteiger partial charge on any atom is 0.453 e. The third-order valence-corrected chi connectivity index (χ3v) is 3.78. The van der Waals surface area contributed by atoms with Gasteiger partial charge in [-0.25, -0.2) is 0 Å². The lowest BCUT2D eigenvalue weighted by Crippen LogP contribution is -2.43. The Morgan fingerprint density at radius 3 is 2.13 bits per heavy atom. The molecule has 0 aliphatic carbocycles. The summed E-state index contributed by atoms with van der Waals surface area (Å²) in [7, 11) is 1.10. The number of alkyl halides is 5. The van der Waals surface area contributed by atoms with E-state index in [1.807, 2.05) is 6.92 Å². The third kappa shape index (κ3) is 4.56. The van der Waals surface area contributed by atoms with Crippen molar-refractivity contribution in [3.05, 3.63) is 29.8 Å². The largest absolute Gasteiger partial charge is 0.490 e. The zero-order valence-electron chi connectivity index (χ0n) is 13.5. The van der Waals surface area contributed by atoms with Crippen molar-refractivity contribution >= 4 is 0 Å². The minimum atomic E-state index is -5.64. The molecule has 0 saturated heterocycles. The second kappa shape index (κ2) is 7.03. The van der Waals surface area contributed by atoms with Crippen LogP contribution < -0.4 is 4.74 Å². The standard InChI is InChI=1S/C16H21F5O2/c1-5-11(2)23-13-9-7-6-8-12(13)14(3,22-4)10-15(17,18)16(19,20)21/h6-9,11H,5,10H2,1-4H3. The molecule has 0 aromatic heterocycles.